The average Bonchev–Trinajstić information content (AvgIpc) is 3.98. The Labute approximate surface area is 402 Å². The summed E-state index contributed by atoms with van der Waals surface area (Å²) >= 11 is 0. The van der Waals surface area contributed by atoms with E-state index in [1.165, 1.54) is 38.8 Å². The molecule has 5 nitrogen and oxygen atoms in total. The second-order valence-corrected chi connectivity index (χ2v) is 19.9. The van der Waals surface area contributed by atoms with Crippen LogP contribution in [-0.2, 0) is 10.8 Å². The van der Waals surface area contributed by atoms with Gasteiger partial charge in [0.1, 0.15) is 0 Å². The molecule has 1 aliphatic rings. The molecule has 3 heterocycles. The van der Waals surface area contributed by atoms with Gasteiger partial charge in [-0.15, -0.1) is 0 Å². The van der Waals surface area contributed by atoms with E-state index in [0.29, 0.717) is 17.6 Å². The highest BCUT2D eigenvalue weighted by molar-refractivity contribution is 6.23. The zero-order valence-corrected chi connectivity index (χ0v) is 39.2. The topological polar surface area (TPSA) is 48.5 Å². The Kier molecular flexibility index (Phi) is 9.22. The SMILES string of the molecule is CC1(C)CC(C)(C)c2c(-c3ccccc3-c3cccc(-n4c5ccccc5c5ccc6c7ccccc7n(-c7nc(-c8ccccc8)nc(-c8ccccc8-c8ccccc8)n7)c6c54)c3)cccc21. The smallest absolute Gasteiger partial charge is 0.238 e. The molecule has 0 radical (unpaired) electrons. The average molecular weight is 888 g/mol. The zero-order valence-electron chi connectivity index (χ0n) is 39.2. The number of hydrogen-bond acceptors (Lipinski definition) is 3. The highest BCUT2D eigenvalue weighted by Gasteiger charge is 2.43. The van der Waals surface area contributed by atoms with E-state index >= 15 is 0 Å². The number of nitrogens with zero attached hydrogens (tertiary/aromatic N) is 5. The minimum atomic E-state index is 0.0453. The van der Waals surface area contributed by atoms with Crippen molar-refractivity contribution in [1.82, 2.24) is 24.1 Å². The van der Waals surface area contributed by atoms with Gasteiger partial charge >= 0.3 is 0 Å². The molecule has 9 aromatic carbocycles. The van der Waals surface area contributed by atoms with E-state index in [9.17, 15) is 0 Å². The number of fused-ring (bicyclic) bond motifs is 8. The standard InChI is InChI=1S/C64H49N5/c1-63(2)40-64(3,4)57-50(33-20-34-54(57)63)47-29-13-11-28-46(47)43-25-19-26-44(39-43)68-55-35-17-15-30-48(55)51-37-38-52-49-31-16-18-36-56(49)69(59(52)58(51)68)62-66-60(42-23-9-6-10-24-42)65-61(67-62)53-32-14-12-27-45(53)41-21-7-5-8-22-41/h5-39H,40H2,1-4H3. The minimum absolute atomic E-state index is 0.0453. The maximum Gasteiger partial charge on any atom is 0.238 e. The van der Waals surface area contributed by atoms with Crippen LogP contribution in [0.4, 0.5) is 0 Å². The molecular formula is C64H49N5. The molecule has 0 spiro atoms. The van der Waals surface area contributed by atoms with Crippen LogP contribution in [0.1, 0.15) is 45.2 Å². The van der Waals surface area contributed by atoms with Crippen molar-refractivity contribution in [2.24, 2.45) is 0 Å². The molecule has 0 fully saturated rings. The van der Waals surface area contributed by atoms with Gasteiger partial charge in [-0.3, -0.25) is 4.57 Å². The van der Waals surface area contributed by atoms with E-state index in [0.717, 1.165) is 72.6 Å². The Morgan fingerprint density at radius 3 is 1.57 bits per heavy atom. The van der Waals surface area contributed by atoms with E-state index in [2.05, 4.69) is 231 Å². The second-order valence-electron chi connectivity index (χ2n) is 19.9. The maximum absolute atomic E-state index is 5.49. The van der Waals surface area contributed by atoms with Crippen LogP contribution >= 0.6 is 0 Å². The van der Waals surface area contributed by atoms with Gasteiger partial charge in [0, 0.05) is 38.4 Å². The van der Waals surface area contributed by atoms with Gasteiger partial charge in [-0.25, -0.2) is 4.98 Å². The predicted molar refractivity (Wildman–Crippen MR) is 286 cm³/mol. The molecule has 0 N–H and O–H groups in total. The maximum atomic E-state index is 5.49. The van der Waals surface area contributed by atoms with Gasteiger partial charge in [0.2, 0.25) is 5.95 Å². The molecule has 0 aliphatic heterocycles. The number of aromatic nitrogens is 5. The Morgan fingerprint density at radius 2 is 0.870 bits per heavy atom. The first kappa shape index (κ1) is 40.8. The zero-order chi connectivity index (χ0) is 46.4. The molecule has 12 aromatic rings. The molecular weight excluding hydrogens is 839 g/mol. The fraction of sp³-hybridized carbons (Fsp3) is 0.109. The Bertz CT molecular complexity index is 3990. The van der Waals surface area contributed by atoms with Crippen LogP contribution in [0.5, 0.6) is 0 Å². The van der Waals surface area contributed by atoms with Gasteiger partial charge in [-0.05, 0) is 86.0 Å². The summed E-state index contributed by atoms with van der Waals surface area (Å²) in [5.41, 5.74) is 17.4. The first-order chi connectivity index (χ1) is 33.7. The minimum Gasteiger partial charge on any atom is -0.307 e. The molecule has 0 saturated heterocycles. The van der Waals surface area contributed by atoms with Crippen molar-refractivity contribution in [1.29, 1.82) is 0 Å². The van der Waals surface area contributed by atoms with Crippen molar-refractivity contribution in [3.05, 3.63) is 223 Å². The van der Waals surface area contributed by atoms with Crippen molar-refractivity contribution in [2.45, 2.75) is 44.9 Å². The van der Waals surface area contributed by atoms with Gasteiger partial charge in [0.05, 0.1) is 22.1 Å². The Hall–Kier alpha value is -8.41. The highest BCUT2D eigenvalue weighted by Crippen LogP contribution is 2.53. The lowest BCUT2D eigenvalue weighted by atomic mass is 9.79. The van der Waals surface area contributed by atoms with Crippen LogP contribution < -0.4 is 0 Å². The number of rotatable bonds is 7. The fourth-order valence-corrected chi connectivity index (χ4v) is 12.0. The summed E-state index contributed by atoms with van der Waals surface area (Å²) in [4.78, 5) is 16.1. The Morgan fingerprint density at radius 1 is 0.362 bits per heavy atom. The molecule has 1 aliphatic carbocycles. The molecule has 0 saturated carbocycles. The van der Waals surface area contributed by atoms with E-state index < -0.39 is 0 Å². The summed E-state index contributed by atoms with van der Waals surface area (Å²) in [6, 6.07) is 76.2. The lowest BCUT2D eigenvalue weighted by molar-refractivity contribution is 0.403. The van der Waals surface area contributed by atoms with E-state index in [1.54, 1.807) is 0 Å². The van der Waals surface area contributed by atoms with E-state index in [4.69, 9.17) is 15.0 Å². The highest BCUT2D eigenvalue weighted by atomic mass is 15.2. The molecule has 0 bridgehead atoms. The first-order valence-electron chi connectivity index (χ1n) is 24.0. The fourth-order valence-electron chi connectivity index (χ4n) is 12.0. The van der Waals surface area contributed by atoms with Crippen molar-refractivity contribution in [2.75, 3.05) is 0 Å². The lowest BCUT2D eigenvalue weighted by Crippen LogP contribution is -2.18. The van der Waals surface area contributed by atoms with Gasteiger partial charge in [-0.2, -0.15) is 9.97 Å². The normalized spacial score (nSPS) is 14.0. The van der Waals surface area contributed by atoms with E-state index in [-0.39, 0.29) is 10.8 Å². The molecule has 0 atom stereocenters. The summed E-state index contributed by atoms with van der Waals surface area (Å²) < 4.78 is 4.74. The third-order valence-corrected chi connectivity index (χ3v) is 14.6. The molecule has 3 aromatic heterocycles. The summed E-state index contributed by atoms with van der Waals surface area (Å²) in [6.07, 6.45) is 1.11. The van der Waals surface area contributed by atoms with Gasteiger partial charge in [0.25, 0.3) is 0 Å². The van der Waals surface area contributed by atoms with Crippen LogP contribution in [0.2, 0.25) is 0 Å². The molecule has 13 rings (SSSR count). The van der Waals surface area contributed by atoms with Gasteiger partial charge in [0.15, 0.2) is 11.6 Å². The van der Waals surface area contributed by atoms with Crippen LogP contribution in [0.15, 0.2) is 212 Å². The van der Waals surface area contributed by atoms with Crippen LogP contribution in [0.25, 0.3) is 111 Å². The second kappa shape index (κ2) is 15.6. The van der Waals surface area contributed by atoms with Crippen LogP contribution in [0, 0.1) is 0 Å². The monoisotopic (exact) mass is 887 g/mol. The van der Waals surface area contributed by atoms with Crippen LogP contribution in [-0.4, -0.2) is 24.1 Å². The van der Waals surface area contributed by atoms with Crippen LogP contribution in [0.3, 0.4) is 0 Å². The van der Waals surface area contributed by atoms with Gasteiger partial charge < -0.3 is 4.57 Å². The number of benzene rings is 9. The van der Waals surface area contributed by atoms with Gasteiger partial charge in [-0.1, -0.05) is 216 Å². The number of para-hydroxylation sites is 2. The number of hydrogen-bond donors (Lipinski definition) is 0. The van der Waals surface area contributed by atoms with Crippen molar-refractivity contribution < 1.29 is 0 Å². The third kappa shape index (κ3) is 6.48. The largest absolute Gasteiger partial charge is 0.307 e. The first-order valence-corrected chi connectivity index (χ1v) is 24.0. The molecule has 330 valence electrons. The molecule has 0 unspecified atom stereocenters. The predicted octanol–water partition coefficient (Wildman–Crippen LogP) is 16.4. The third-order valence-electron chi connectivity index (χ3n) is 14.6. The van der Waals surface area contributed by atoms with E-state index in [1.807, 2.05) is 18.2 Å². The summed E-state index contributed by atoms with van der Waals surface area (Å²) in [6.45, 7) is 9.63. The summed E-state index contributed by atoms with van der Waals surface area (Å²) in [5.74, 6) is 1.78. The molecule has 5 heteroatoms. The summed E-state index contributed by atoms with van der Waals surface area (Å²) in [7, 11) is 0. The Balaban J connectivity index is 1.08. The van der Waals surface area contributed by atoms with Crippen molar-refractivity contribution >= 4 is 43.6 Å². The van der Waals surface area contributed by atoms with Crippen molar-refractivity contribution in [3.8, 4) is 67.8 Å². The quantitative estimate of drug-likeness (QED) is 0.160. The lowest BCUT2D eigenvalue weighted by Gasteiger charge is -2.24. The summed E-state index contributed by atoms with van der Waals surface area (Å²) in [5, 5.41) is 4.59. The molecule has 69 heavy (non-hydrogen) atoms. The van der Waals surface area contributed by atoms with Crippen molar-refractivity contribution in [3.63, 3.8) is 0 Å². The molecule has 0 amide bonds.